The molecular formula is C8H12N4O3S2. The summed E-state index contributed by atoms with van der Waals surface area (Å²) in [6.45, 7) is 0.0927. The van der Waals surface area contributed by atoms with Gasteiger partial charge in [0.05, 0.1) is 19.0 Å². The molecule has 0 aliphatic carbocycles. The molecule has 1 heterocycles. The van der Waals surface area contributed by atoms with E-state index in [4.69, 9.17) is 10.2 Å². The molecule has 0 aromatic carbocycles. The maximum atomic E-state index is 10.8. The third-order valence-electron chi connectivity index (χ3n) is 1.56. The lowest BCUT2D eigenvalue weighted by molar-refractivity contribution is 0.494. The second kappa shape index (κ2) is 5.75. The topological polar surface area (TPSA) is 110 Å². The van der Waals surface area contributed by atoms with Crippen LogP contribution in [0.5, 0.6) is 0 Å². The molecule has 9 heteroatoms. The summed E-state index contributed by atoms with van der Waals surface area (Å²) in [5.41, 5.74) is 7.52. The molecule has 0 bridgehead atoms. The Bertz CT molecular complexity index is 521. The number of sulfonamides is 1. The molecule has 0 aliphatic heterocycles. The van der Waals surface area contributed by atoms with E-state index in [1.54, 1.807) is 12.1 Å². The first kappa shape index (κ1) is 13.6. The predicted octanol–water partition coefficient (Wildman–Crippen LogP) is -0.504. The van der Waals surface area contributed by atoms with E-state index in [9.17, 15) is 8.42 Å². The number of nitrogens with two attached hydrogens (primary N) is 1. The summed E-state index contributed by atoms with van der Waals surface area (Å²) in [5, 5.41) is 3.74. The molecule has 4 N–H and O–H groups in total. The largest absolute Gasteiger partial charge is 0.459 e. The summed E-state index contributed by atoms with van der Waals surface area (Å²) in [6.07, 6.45) is 2.45. The van der Waals surface area contributed by atoms with E-state index in [-0.39, 0.29) is 11.7 Å². The zero-order valence-corrected chi connectivity index (χ0v) is 10.6. The summed E-state index contributed by atoms with van der Waals surface area (Å²) in [4.78, 5) is 0. The van der Waals surface area contributed by atoms with E-state index < -0.39 is 10.0 Å². The fourth-order valence-corrected chi connectivity index (χ4v) is 1.38. The van der Waals surface area contributed by atoms with Crippen LogP contribution in [0.25, 0.3) is 0 Å². The Hall–Kier alpha value is -1.45. The summed E-state index contributed by atoms with van der Waals surface area (Å²) < 4.78 is 29.2. The quantitative estimate of drug-likeness (QED) is 0.380. The van der Waals surface area contributed by atoms with Crippen molar-refractivity contribution in [1.29, 1.82) is 0 Å². The molecule has 7 nitrogen and oxygen atoms in total. The zero-order valence-electron chi connectivity index (χ0n) is 9.00. The second-order valence-corrected chi connectivity index (χ2v) is 5.40. The third kappa shape index (κ3) is 6.00. The van der Waals surface area contributed by atoms with E-state index in [2.05, 4.69) is 27.5 Å². The Labute approximate surface area is 104 Å². The van der Waals surface area contributed by atoms with Gasteiger partial charge in [-0.2, -0.15) is 5.10 Å². The summed E-state index contributed by atoms with van der Waals surface area (Å²) >= 11 is 4.54. The van der Waals surface area contributed by atoms with Crippen LogP contribution in [0.15, 0.2) is 21.7 Å². The molecule has 1 rings (SSSR count). The number of thiocarbonyl (C=S) groups is 1. The summed E-state index contributed by atoms with van der Waals surface area (Å²) in [5.74, 6) is 0.936. The molecular weight excluding hydrogens is 264 g/mol. The molecule has 0 saturated heterocycles. The van der Waals surface area contributed by atoms with E-state index in [1.165, 1.54) is 6.21 Å². The van der Waals surface area contributed by atoms with Crippen LogP contribution >= 0.6 is 12.2 Å². The molecule has 0 aliphatic rings. The first-order chi connectivity index (χ1) is 7.87. The molecule has 1 aromatic heterocycles. The van der Waals surface area contributed by atoms with Gasteiger partial charge in [0.25, 0.3) is 0 Å². The predicted molar refractivity (Wildman–Crippen MR) is 67.9 cm³/mol. The number of nitrogens with one attached hydrogen (secondary N) is 2. The molecule has 94 valence electrons. The van der Waals surface area contributed by atoms with Gasteiger partial charge in [0.2, 0.25) is 10.0 Å². The lowest BCUT2D eigenvalue weighted by Gasteiger charge is -1.97. The highest BCUT2D eigenvalue weighted by molar-refractivity contribution is 7.88. The van der Waals surface area contributed by atoms with Gasteiger partial charge in [-0.1, -0.05) is 0 Å². The van der Waals surface area contributed by atoms with Crippen molar-refractivity contribution < 1.29 is 12.8 Å². The van der Waals surface area contributed by atoms with Gasteiger partial charge in [0, 0.05) is 0 Å². The van der Waals surface area contributed by atoms with Crippen LogP contribution in [0, 0.1) is 0 Å². The van der Waals surface area contributed by atoms with Crippen molar-refractivity contribution in [2.45, 2.75) is 6.54 Å². The highest BCUT2D eigenvalue weighted by Gasteiger charge is 2.04. The average Bonchev–Trinajstić information content (AvgIpc) is 2.61. The van der Waals surface area contributed by atoms with E-state index in [1.807, 2.05) is 0 Å². The van der Waals surface area contributed by atoms with Gasteiger partial charge in [-0.15, -0.1) is 0 Å². The van der Waals surface area contributed by atoms with Crippen LogP contribution in [0.3, 0.4) is 0 Å². The number of hydrogen-bond acceptors (Lipinski definition) is 5. The van der Waals surface area contributed by atoms with Crippen LogP contribution in [-0.4, -0.2) is 26.0 Å². The Morgan fingerprint density at radius 2 is 2.35 bits per heavy atom. The van der Waals surface area contributed by atoms with Crippen molar-refractivity contribution in [2.24, 2.45) is 10.8 Å². The fraction of sp³-hybridized carbons (Fsp3) is 0.250. The van der Waals surface area contributed by atoms with Crippen molar-refractivity contribution >= 4 is 33.6 Å². The molecule has 0 unspecified atom stereocenters. The first-order valence-corrected chi connectivity index (χ1v) is 6.78. The minimum absolute atomic E-state index is 0.0479. The zero-order chi connectivity index (χ0) is 12.9. The van der Waals surface area contributed by atoms with Crippen molar-refractivity contribution in [3.05, 3.63) is 23.7 Å². The smallest absolute Gasteiger partial charge is 0.209 e. The number of furan rings is 1. The van der Waals surface area contributed by atoms with Crippen molar-refractivity contribution in [2.75, 3.05) is 6.26 Å². The molecule has 0 fully saturated rings. The Balaban J connectivity index is 2.54. The lowest BCUT2D eigenvalue weighted by Crippen LogP contribution is -2.23. The van der Waals surface area contributed by atoms with Crippen LogP contribution < -0.4 is 15.9 Å². The molecule has 1 aromatic rings. The minimum Gasteiger partial charge on any atom is -0.459 e. The number of nitrogens with zero attached hydrogens (tertiary/aromatic N) is 1. The summed E-state index contributed by atoms with van der Waals surface area (Å²) in [6, 6.07) is 3.28. The van der Waals surface area contributed by atoms with Crippen molar-refractivity contribution in [3.63, 3.8) is 0 Å². The molecule has 0 atom stereocenters. The Morgan fingerprint density at radius 1 is 1.65 bits per heavy atom. The minimum atomic E-state index is -3.23. The molecule has 0 radical (unpaired) electrons. The van der Waals surface area contributed by atoms with Gasteiger partial charge in [-0.05, 0) is 24.4 Å². The molecule has 17 heavy (non-hydrogen) atoms. The Morgan fingerprint density at radius 3 is 2.94 bits per heavy atom. The average molecular weight is 276 g/mol. The van der Waals surface area contributed by atoms with Crippen LogP contribution in [0.4, 0.5) is 0 Å². The second-order valence-electron chi connectivity index (χ2n) is 3.13. The highest BCUT2D eigenvalue weighted by Crippen LogP contribution is 2.05. The third-order valence-corrected chi connectivity index (χ3v) is 2.32. The maximum absolute atomic E-state index is 10.8. The number of hydrogen-bond donors (Lipinski definition) is 3. The number of hydrazone groups is 1. The van der Waals surface area contributed by atoms with Gasteiger partial charge in [0.1, 0.15) is 11.5 Å². The van der Waals surface area contributed by atoms with E-state index in [0.717, 1.165) is 6.26 Å². The first-order valence-electron chi connectivity index (χ1n) is 4.49. The summed E-state index contributed by atoms with van der Waals surface area (Å²) in [7, 11) is -3.23. The monoisotopic (exact) mass is 276 g/mol. The van der Waals surface area contributed by atoms with Gasteiger partial charge < -0.3 is 10.2 Å². The van der Waals surface area contributed by atoms with Crippen LogP contribution in [0.1, 0.15) is 11.5 Å². The number of rotatable bonds is 5. The van der Waals surface area contributed by atoms with Crippen LogP contribution in [-0.2, 0) is 16.6 Å². The van der Waals surface area contributed by atoms with Crippen LogP contribution in [0.2, 0.25) is 0 Å². The molecule has 0 spiro atoms. The maximum Gasteiger partial charge on any atom is 0.209 e. The van der Waals surface area contributed by atoms with Gasteiger partial charge in [0.15, 0.2) is 5.11 Å². The highest BCUT2D eigenvalue weighted by atomic mass is 32.2. The van der Waals surface area contributed by atoms with Crippen molar-refractivity contribution in [3.8, 4) is 0 Å². The van der Waals surface area contributed by atoms with E-state index in [0.29, 0.717) is 11.5 Å². The van der Waals surface area contributed by atoms with Gasteiger partial charge >= 0.3 is 0 Å². The normalized spacial score (nSPS) is 11.8. The molecule has 0 saturated carbocycles. The van der Waals surface area contributed by atoms with Gasteiger partial charge in [-0.25, -0.2) is 13.1 Å². The van der Waals surface area contributed by atoms with Gasteiger partial charge in [-0.3, -0.25) is 5.43 Å². The Kier molecular flexibility index (Phi) is 4.61. The fourth-order valence-electron chi connectivity index (χ4n) is 0.921. The van der Waals surface area contributed by atoms with E-state index >= 15 is 0 Å². The lowest BCUT2D eigenvalue weighted by atomic mass is 10.4. The molecule has 0 amide bonds. The van der Waals surface area contributed by atoms with Crippen molar-refractivity contribution in [1.82, 2.24) is 10.1 Å². The standard InChI is InChI=1S/C8H12N4O3S2/c1-17(13,14)11-5-7-3-2-6(15-7)4-10-12-8(9)16/h2-4,11H,5H2,1H3,(H3,9,12,16)/b10-4+. The SMILES string of the molecule is CS(=O)(=O)NCc1ccc(/C=N/NC(N)=S)o1.